The van der Waals surface area contributed by atoms with E-state index >= 15 is 0 Å². The lowest BCUT2D eigenvalue weighted by molar-refractivity contribution is 0.0565. The highest BCUT2D eigenvalue weighted by atomic mass is 16.5. The standard InChI is InChI=1S/C10H21NO/c1-8(2)6-10(7-11)4-5-12-9(10)3/h8-9H,4-7,11H2,1-3H3. The van der Waals surface area contributed by atoms with E-state index in [0.717, 1.165) is 25.5 Å². The van der Waals surface area contributed by atoms with Gasteiger partial charge in [-0.1, -0.05) is 13.8 Å². The SMILES string of the molecule is CC(C)CC1(CN)CCOC1C. The van der Waals surface area contributed by atoms with Crippen molar-refractivity contribution < 1.29 is 4.74 Å². The van der Waals surface area contributed by atoms with E-state index in [1.807, 2.05) is 0 Å². The lowest BCUT2D eigenvalue weighted by Crippen LogP contribution is -2.37. The van der Waals surface area contributed by atoms with Gasteiger partial charge in [-0.25, -0.2) is 0 Å². The average Bonchev–Trinajstić information content (AvgIpc) is 2.32. The summed E-state index contributed by atoms with van der Waals surface area (Å²) < 4.78 is 5.58. The summed E-state index contributed by atoms with van der Waals surface area (Å²) in [6, 6.07) is 0. The Morgan fingerprint density at radius 2 is 2.25 bits per heavy atom. The Morgan fingerprint density at radius 1 is 1.58 bits per heavy atom. The zero-order valence-electron chi connectivity index (χ0n) is 8.47. The van der Waals surface area contributed by atoms with Gasteiger partial charge in [-0.15, -0.1) is 0 Å². The van der Waals surface area contributed by atoms with E-state index in [-0.39, 0.29) is 5.41 Å². The number of nitrogens with two attached hydrogens (primary N) is 1. The summed E-state index contributed by atoms with van der Waals surface area (Å²) in [4.78, 5) is 0. The Hall–Kier alpha value is -0.0800. The van der Waals surface area contributed by atoms with Gasteiger partial charge in [-0.05, 0) is 25.7 Å². The van der Waals surface area contributed by atoms with Gasteiger partial charge in [0.15, 0.2) is 0 Å². The molecule has 2 heteroatoms. The minimum atomic E-state index is 0.272. The van der Waals surface area contributed by atoms with Crippen LogP contribution in [0.5, 0.6) is 0 Å². The first-order valence-electron chi connectivity index (χ1n) is 4.92. The molecular weight excluding hydrogens is 150 g/mol. The lowest BCUT2D eigenvalue weighted by Gasteiger charge is -2.32. The molecule has 0 aromatic rings. The van der Waals surface area contributed by atoms with Gasteiger partial charge in [-0.2, -0.15) is 0 Å². The molecule has 0 bridgehead atoms. The Kier molecular flexibility index (Phi) is 3.13. The van der Waals surface area contributed by atoms with Crippen molar-refractivity contribution >= 4 is 0 Å². The van der Waals surface area contributed by atoms with Crippen molar-refractivity contribution in [3.8, 4) is 0 Å². The summed E-state index contributed by atoms with van der Waals surface area (Å²) in [7, 11) is 0. The molecule has 0 saturated carbocycles. The van der Waals surface area contributed by atoms with Crippen LogP contribution in [0.3, 0.4) is 0 Å². The quantitative estimate of drug-likeness (QED) is 0.702. The van der Waals surface area contributed by atoms with Gasteiger partial charge < -0.3 is 10.5 Å². The van der Waals surface area contributed by atoms with Crippen molar-refractivity contribution in [1.82, 2.24) is 0 Å². The highest BCUT2D eigenvalue weighted by Crippen LogP contribution is 2.39. The van der Waals surface area contributed by atoms with Crippen LogP contribution in [-0.2, 0) is 4.74 Å². The molecule has 1 aliphatic rings. The van der Waals surface area contributed by atoms with Crippen LogP contribution in [0.2, 0.25) is 0 Å². The molecule has 1 heterocycles. The summed E-state index contributed by atoms with van der Waals surface area (Å²) in [6.07, 6.45) is 2.69. The molecule has 2 N–H and O–H groups in total. The number of ether oxygens (including phenoxy) is 1. The molecule has 1 saturated heterocycles. The van der Waals surface area contributed by atoms with Crippen molar-refractivity contribution in [2.45, 2.75) is 39.7 Å². The first-order valence-corrected chi connectivity index (χ1v) is 4.92. The van der Waals surface area contributed by atoms with Crippen molar-refractivity contribution in [3.63, 3.8) is 0 Å². The van der Waals surface area contributed by atoms with Gasteiger partial charge in [0.25, 0.3) is 0 Å². The maximum atomic E-state index is 5.83. The number of rotatable bonds is 3. The molecule has 1 aliphatic heterocycles. The van der Waals surface area contributed by atoms with Crippen LogP contribution in [0.25, 0.3) is 0 Å². The summed E-state index contributed by atoms with van der Waals surface area (Å²) in [5, 5.41) is 0. The van der Waals surface area contributed by atoms with Crippen LogP contribution in [-0.4, -0.2) is 19.3 Å². The molecule has 2 unspecified atom stereocenters. The molecule has 1 rings (SSSR count). The second kappa shape index (κ2) is 3.75. The Morgan fingerprint density at radius 3 is 2.58 bits per heavy atom. The highest BCUT2D eigenvalue weighted by Gasteiger charge is 2.40. The fourth-order valence-corrected chi connectivity index (χ4v) is 2.25. The van der Waals surface area contributed by atoms with E-state index in [4.69, 9.17) is 10.5 Å². The fourth-order valence-electron chi connectivity index (χ4n) is 2.25. The number of hydrogen-bond acceptors (Lipinski definition) is 2. The van der Waals surface area contributed by atoms with Crippen LogP contribution >= 0.6 is 0 Å². The summed E-state index contributed by atoms with van der Waals surface area (Å²) in [5.74, 6) is 0.720. The van der Waals surface area contributed by atoms with Crippen LogP contribution in [0.4, 0.5) is 0 Å². The summed E-state index contributed by atoms with van der Waals surface area (Å²) in [5.41, 5.74) is 6.10. The Labute approximate surface area is 75.5 Å². The third kappa shape index (κ3) is 1.80. The van der Waals surface area contributed by atoms with Crippen LogP contribution < -0.4 is 5.73 Å². The fraction of sp³-hybridized carbons (Fsp3) is 1.00. The molecule has 0 radical (unpaired) electrons. The zero-order valence-corrected chi connectivity index (χ0v) is 8.47. The minimum absolute atomic E-state index is 0.272. The van der Waals surface area contributed by atoms with Crippen molar-refractivity contribution in [2.24, 2.45) is 17.1 Å². The van der Waals surface area contributed by atoms with Crippen LogP contribution in [0.15, 0.2) is 0 Å². The van der Waals surface area contributed by atoms with Crippen molar-refractivity contribution in [1.29, 1.82) is 0 Å². The maximum absolute atomic E-state index is 5.83. The van der Waals surface area contributed by atoms with E-state index in [9.17, 15) is 0 Å². The maximum Gasteiger partial charge on any atom is 0.0616 e. The topological polar surface area (TPSA) is 35.2 Å². The second-order valence-corrected chi connectivity index (χ2v) is 4.43. The van der Waals surface area contributed by atoms with E-state index in [2.05, 4.69) is 20.8 Å². The summed E-state index contributed by atoms with van der Waals surface area (Å²) in [6.45, 7) is 8.32. The van der Waals surface area contributed by atoms with Gasteiger partial charge >= 0.3 is 0 Å². The molecule has 2 atom stereocenters. The van der Waals surface area contributed by atoms with Crippen LogP contribution in [0.1, 0.15) is 33.6 Å². The molecule has 1 fully saturated rings. The molecule has 0 aliphatic carbocycles. The minimum Gasteiger partial charge on any atom is -0.378 e. The predicted molar refractivity (Wildman–Crippen MR) is 51.0 cm³/mol. The number of hydrogen-bond donors (Lipinski definition) is 1. The second-order valence-electron chi connectivity index (χ2n) is 4.43. The first-order chi connectivity index (χ1) is 5.60. The first kappa shape index (κ1) is 10.0. The van der Waals surface area contributed by atoms with Crippen LogP contribution in [0, 0.1) is 11.3 Å². The average molecular weight is 171 g/mol. The molecule has 0 aromatic carbocycles. The van der Waals surface area contributed by atoms with Gasteiger partial charge in [-0.3, -0.25) is 0 Å². The van der Waals surface area contributed by atoms with Gasteiger partial charge in [0.1, 0.15) is 0 Å². The largest absolute Gasteiger partial charge is 0.378 e. The smallest absolute Gasteiger partial charge is 0.0616 e. The molecule has 72 valence electrons. The van der Waals surface area contributed by atoms with E-state index in [1.165, 1.54) is 6.42 Å². The van der Waals surface area contributed by atoms with E-state index < -0.39 is 0 Å². The predicted octanol–water partition coefficient (Wildman–Crippen LogP) is 1.79. The lowest BCUT2D eigenvalue weighted by atomic mass is 9.75. The highest BCUT2D eigenvalue weighted by molar-refractivity contribution is 4.90. The van der Waals surface area contributed by atoms with Gasteiger partial charge in [0, 0.05) is 18.6 Å². The van der Waals surface area contributed by atoms with E-state index in [1.54, 1.807) is 0 Å². The molecular formula is C10H21NO. The summed E-state index contributed by atoms with van der Waals surface area (Å²) >= 11 is 0. The van der Waals surface area contributed by atoms with Crippen molar-refractivity contribution in [3.05, 3.63) is 0 Å². The normalized spacial score (nSPS) is 36.2. The van der Waals surface area contributed by atoms with E-state index in [0.29, 0.717) is 6.10 Å². The zero-order chi connectivity index (χ0) is 9.19. The Balaban J connectivity index is 2.61. The van der Waals surface area contributed by atoms with Gasteiger partial charge in [0.2, 0.25) is 0 Å². The Bertz CT molecular complexity index is 147. The molecule has 12 heavy (non-hydrogen) atoms. The van der Waals surface area contributed by atoms with Gasteiger partial charge in [0.05, 0.1) is 6.10 Å². The monoisotopic (exact) mass is 171 g/mol. The van der Waals surface area contributed by atoms with Crippen molar-refractivity contribution in [2.75, 3.05) is 13.2 Å². The third-order valence-electron chi connectivity index (χ3n) is 3.05. The molecule has 0 spiro atoms. The third-order valence-corrected chi connectivity index (χ3v) is 3.05. The molecule has 0 aromatic heterocycles. The molecule has 2 nitrogen and oxygen atoms in total. The molecule has 0 amide bonds.